The highest BCUT2D eigenvalue weighted by Crippen LogP contribution is 2.45. The van der Waals surface area contributed by atoms with E-state index in [1.165, 1.54) is 7.05 Å². The summed E-state index contributed by atoms with van der Waals surface area (Å²) in [4.78, 5) is 17.0. The van der Waals surface area contributed by atoms with Crippen molar-refractivity contribution < 1.29 is 18.3 Å². The Kier molecular flexibility index (Phi) is 4.33. The molecule has 0 saturated carbocycles. The number of amides is 1. The maximum Gasteiger partial charge on any atom is 0.278 e. The number of aromatic nitrogens is 1. The third kappa shape index (κ3) is 2.83. The molecule has 3 heterocycles. The van der Waals surface area contributed by atoms with Crippen LogP contribution in [0.4, 0.5) is 5.82 Å². The normalized spacial score (nSPS) is 15.6. The molecule has 10 heteroatoms. The number of nitrogens with zero attached hydrogens (tertiary/aromatic N) is 2. The van der Waals surface area contributed by atoms with E-state index in [1.807, 2.05) is 0 Å². The van der Waals surface area contributed by atoms with Gasteiger partial charge in [0.05, 0.1) is 4.88 Å². The van der Waals surface area contributed by atoms with Crippen LogP contribution in [-0.2, 0) is 14.8 Å². The van der Waals surface area contributed by atoms with Crippen LogP contribution in [0, 0.1) is 6.92 Å². The molecular formula is C18H14ClN3O4S2. The van der Waals surface area contributed by atoms with Gasteiger partial charge in [-0.15, -0.1) is 11.3 Å². The average Bonchev–Trinajstić information content (AvgIpc) is 3.00. The fourth-order valence-electron chi connectivity index (χ4n) is 3.01. The summed E-state index contributed by atoms with van der Waals surface area (Å²) in [5.74, 6) is -0.928. The van der Waals surface area contributed by atoms with Gasteiger partial charge in [0.2, 0.25) is 0 Å². The summed E-state index contributed by atoms with van der Waals surface area (Å²) in [6.45, 7) is 1.76. The Labute approximate surface area is 169 Å². The predicted octanol–water partition coefficient (Wildman–Crippen LogP) is 3.76. The summed E-state index contributed by atoms with van der Waals surface area (Å²) in [5, 5.41) is 14.2. The van der Waals surface area contributed by atoms with Crippen LogP contribution < -0.4 is 5.32 Å². The Morgan fingerprint density at radius 2 is 2.04 bits per heavy atom. The monoisotopic (exact) mass is 435 g/mol. The van der Waals surface area contributed by atoms with E-state index in [4.69, 9.17) is 11.6 Å². The molecule has 0 radical (unpaired) electrons. The van der Waals surface area contributed by atoms with Crippen LogP contribution in [0.25, 0.3) is 15.8 Å². The third-order valence-corrected chi connectivity index (χ3v) is 7.69. The summed E-state index contributed by atoms with van der Waals surface area (Å²) in [6.07, 6.45) is 0. The number of aliphatic hydroxyl groups is 1. The molecule has 144 valence electrons. The van der Waals surface area contributed by atoms with Crippen molar-refractivity contribution in [1.29, 1.82) is 0 Å². The second kappa shape index (κ2) is 6.47. The first kappa shape index (κ1) is 18.7. The molecule has 2 N–H and O–H groups in total. The first-order valence-electron chi connectivity index (χ1n) is 8.10. The summed E-state index contributed by atoms with van der Waals surface area (Å²) < 4.78 is 27.6. The molecule has 28 heavy (non-hydrogen) atoms. The number of anilines is 1. The molecule has 0 unspecified atom stereocenters. The van der Waals surface area contributed by atoms with Gasteiger partial charge in [0, 0.05) is 27.9 Å². The standard InChI is InChI=1S/C18H14ClN3O4S2/c1-9-4-3-5-13(20-9)21-18(24)14-15(23)16-17(28(25,26)22(14)2)11-7-6-10(19)8-12(11)27-16/h3-8,23H,1-2H3,(H,20,21,24). The van der Waals surface area contributed by atoms with Crippen LogP contribution >= 0.6 is 22.9 Å². The Hall–Kier alpha value is -2.62. The Morgan fingerprint density at radius 3 is 2.75 bits per heavy atom. The number of benzene rings is 1. The van der Waals surface area contributed by atoms with E-state index < -0.39 is 21.7 Å². The summed E-state index contributed by atoms with van der Waals surface area (Å²) in [5.41, 5.74) is 0.317. The number of aryl methyl sites for hydroxylation is 1. The maximum absolute atomic E-state index is 13.1. The lowest BCUT2D eigenvalue weighted by Crippen LogP contribution is -2.36. The Bertz CT molecular complexity index is 1280. The van der Waals surface area contributed by atoms with Crippen molar-refractivity contribution in [1.82, 2.24) is 9.29 Å². The number of sulfonamides is 1. The molecule has 1 aromatic carbocycles. The van der Waals surface area contributed by atoms with E-state index in [0.29, 0.717) is 20.8 Å². The van der Waals surface area contributed by atoms with Gasteiger partial charge >= 0.3 is 0 Å². The molecule has 2 aromatic heterocycles. The molecule has 4 rings (SSSR count). The van der Waals surface area contributed by atoms with Gasteiger partial charge in [-0.25, -0.2) is 13.4 Å². The second-order valence-corrected chi connectivity index (χ2v) is 9.58. The first-order valence-corrected chi connectivity index (χ1v) is 10.7. The molecule has 0 atom stereocenters. The van der Waals surface area contributed by atoms with Gasteiger partial charge in [-0.05, 0) is 31.2 Å². The van der Waals surface area contributed by atoms with E-state index >= 15 is 0 Å². The SMILES string of the molecule is Cc1cccc(NC(=O)C2=C(O)c3sc4cc(Cl)ccc4c3S(=O)(=O)N2C)n1. The number of hydrogen-bond donors (Lipinski definition) is 2. The number of pyridine rings is 1. The number of carbonyl (C=O) groups excluding carboxylic acids is 1. The van der Waals surface area contributed by atoms with Gasteiger partial charge in [0.1, 0.15) is 10.7 Å². The van der Waals surface area contributed by atoms with Crippen LogP contribution in [0.1, 0.15) is 10.6 Å². The van der Waals surface area contributed by atoms with Crippen LogP contribution in [0.2, 0.25) is 5.02 Å². The lowest BCUT2D eigenvalue weighted by atomic mass is 10.2. The smallest absolute Gasteiger partial charge is 0.278 e. The van der Waals surface area contributed by atoms with Gasteiger partial charge < -0.3 is 10.4 Å². The van der Waals surface area contributed by atoms with E-state index in [9.17, 15) is 18.3 Å². The van der Waals surface area contributed by atoms with Gasteiger partial charge in [-0.1, -0.05) is 23.7 Å². The second-order valence-electron chi connectivity index (χ2n) is 6.19. The largest absolute Gasteiger partial charge is 0.504 e. The number of likely N-dealkylation sites (N-methyl/N-ethyl adjacent to an activating group) is 1. The molecule has 0 aliphatic carbocycles. The van der Waals surface area contributed by atoms with Crippen LogP contribution in [0.3, 0.4) is 0 Å². The number of aliphatic hydroxyl groups excluding tert-OH is 1. The maximum atomic E-state index is 13.1. The van der Waals surface area contributed by atoms with E-state index in [0.717, 1.165) is 15.6 Å². The van der Waals surface area contributed by atoms with Crippen molar-refractivity contribution in [3.63, 3.8) is 0 Å². The van der Waals surface area contributed by atoms with Crippen molar-refractivity contribution in [2.75, 3.05) is 12.4 Å². The number of fused-ring (bicyclic) bond motifs is 3. The lowest BCUT2D eigenvalue weighted by Gasteiger charge is -2.26. The zero-order valence-electron chi connectivity index (χ0n) is 14.7. The minimum absolute atomic E-state index is 0.0330. The van der Waals surface area contributed by atoms with E-state index in [2.05, 4.69) is 10.3 Å². The number of rotatable bonds is 2. The Morgan fingerprint density at radius 1 is 1.29 bits per heavy atom. The number of thiophene rings is 1. The average molecular weight is 436 g/mol. The fraction of sp³-hybridized carbons (Fsp3) is 0.111. The number of carbonyl (C=O) groups is 1. The molecule has 1 aliphatic heterocycles. The highest BCUT2D eigenvalue weighted by molar-refractivity contribution is 7.89. The van der Waals surface area contributed by atoms with Gasteiger partial charge in [-0.3, -0.25) is 9.10 Å². The van der Waals surface area contributed by atoms with Crippen molar-refractivity contribution in [2.24, 2.45) is 0 Å². The van der Waals surface area contributed by atoms with Crippen molar-refractivity contribution in [3.05, 3.63) is 57.7 Å². The summed E-state index contributed by atoms with van der Waals surface area (Å²) in [6, 6.07) is 9.84. The van der Waals surface area contributed by atoms with E-state index in [1.54, 1.807) is 43.3 Å². The molecule has 1 amide bonds. The number of halogens is 1. The van der Waals surface area contributed by atoms with E-state index in [-0.39, 0.29) is 21.3 Å². The van der Waals surface area contributed by atoms with Gasteiger partial charge in [0.25, 0.3) is 15.9 Å². The lowest BCUT2D eigenvalue weighted by molar-refractivity contribution is -0.113. The fourth-order valence-corrected chi connectivity index (χ4v) is 6.31. The summed E-state index contributed by atoms with van der Waals surface area (Å²) >= 11 is 7.06. The molecule has 0 fully saturated rings. The van der Waals surface area contributed by atoms with Crippen molar-refractivity contribution in [2.45, 2.75) is 11.8 Å². The molecular weight excluding hydrogens is 422 g/mol. The van der Waals surface area contributed by atoms with Crippen LogP contribution in [-0.4, -0.2) is 35.8 Å². The highest BCUT2D eigenvalue weighted by Gasteiger charge is 2.40. The minimum atomic E-state index is -4.04. The third-order valence-electron chi connectivity index (χ3n) is 4.32. The van der Waals surface area contributed by atoms with Crippen LogP contribution in [0.15, 0.2) is 47.0 Å². The molecule has 0 saturated heterocycles. The molecule has 1 aliphatic rings. The molecule has 0 bridgehead atoms. The first-order chi connectivity index (χ1) is 13.2. The van der Waals surface area contributed by atoms with Crippen molar-refractivity contribution >= 4 is 60.5 Å². The Balaban J connectivity index is 1.88. The van der Waals surface area contributed by atoms with Gasteiger partial charge in [0.15, 0.2) is 11.5 Å². The molecule has 7 nitrogen and oxygen atoms in total. The zero-order valence-corrected chi connectivity index (χ0v) is 17.1. The summed E-state index contributed by atoms with van der Waals surface area (Å²) in [7, 11) is -2.81. The van der Waals surface area contributed by atoms with Crippen molar-refractivity contribution in [3.8, 4) is 0 Å². The zero-order chi connectivity index (χ0) is 20.2. The number of nitrogens with one attached hydrogen (secondary N) is 1. The quantitative estimate of drug-likeness (QED) is 0.638. The topological polar surface area (TPSA) is 99.6 Å². The predicted molar refractivity (Wildman–Crippen MR) is 109 cm³/mol. The molecule has 3 aromatic rings. The highest BCUT2D eigenvalue weighted by atomic mass is 35.5. The van der Waals surface area contributed by atoms with Crippen LogP contribution in [0.5, 0.6) is 0 Å². The van der Waals surface area contributed by atoms with Gasteiger partial charge in [-0.2, -0.15) is 0 Å². The number of hydrogen-bond acceptors (Lipinski definition) is 6. The molecule has 0 spiro atoms. The minimum Gasteiger partial charge on any atom is -0.504 e.